The molecule has 20 heavy (non-hydrogen) atoms. The van der Waals surface area contributed by atoms with E-state index < -0.39 is 0 Å². The van der Waals surface area contributed by atoms with Gasteiger partial charge in [0.05, 0.1) is 6.04 Å². The standard InChI is InChI=1S/C16H19FN2O/c17-11-16(19-7-5-18-6-8-19)14-2-1-13-10-15(20)4-3-12(13)9-14/h1-4,9-10,16,18,20H,5-8,11H2/t16-/m0/s1. The van der Waals surface area contributed by atoms with Crippen molar-refractivity contribution >= 4 is 10.8 Å². The molecule has 1 saturated heterocycles. The third kappa shape index (κ3) is 2.62. The first-order valence-corrected chi connectivity index (χ1v) is 7.01. The van der Waals surface area contributed by atoms with Crippen LogP contribution in [0.1, 0.15) is 11.6 Å². The summed E-state index contributed by atoms with van der Waals surface area (Å²) in [6, 6.07) is 11.1. The van der Waals surface area contributed by atoms with Crippen molar-refractivity contribution < 1.29 is 9.50 Å². The van der Waals surface area contributed by atoms with Crippen LogP contribution in [0.15, 0.2) is 36.4 Å². The van der Waals surface area contributed by atoms with Crippen LogP contribution in [-0.2, 0) is 0 Å². The van der Waals surface area contributed by atoms with Gasteiger partial charge in [0.15, 0.2) is 0 Å². The molecule has 1 fully saturated rings. The van der Waals surface area contributed by atoms with Gasteiger partial charge in [0, 0.05) is 26.2 Å². The van der Waals surface area contributed by atoms with Crippen molar-refractivity contribution in [1.29, 1.82) is 0 Å². The molecule has 2 aromatic rings. The van der Waals surface area contributed by atoms with Gasteiger partial charge in [0.1, 0.15) is 12.4 Å². The topological polar surface area (TPSA) is 35.5 Å². The molecule has 0 amide bonds. The second kappa shape index (κ2) is 5.77. The third-order valence-electron chi connectivity index (χ3n) is 3.97. The van der Waals surface area contributed by atoms with Crippen molar-refractivity contribution in [3.63, 3.8) is 0 Å². The van der Waals surface area contributed by atoms with Gasteiger partial charge < -0.3 is 10.4 Å². The highest BCUT2D eigenvalue weighted by Gasteiger charge is 2.22. The smallest absolute Gasteiger partial charge is 0.116 e. The van der Waals surface area contributed by atoms with Crippen LogP contribution in [0.25, 0.3) is 10.8 Å². The molecule has 1 atom stereocenters. The van der Waals surface area contributed by atoms with Gasteiger partial charge in [0.2, 0.25) is 0 Å². The number of piperazine rings is 1. The van der Waals surface area contributed by atoms with Crippen molar-refractivity contribution in [3.8, 4) is 5.75 Å². The maximum absolute atomic E-state index is 13.5. The summed E-state index contributed by atoms with van der Waals surface area (Å²) in [5, 5.41) is 14.8. The first-order valence-electron chi connectivity index (χ1n) is 7.01. The van der Waals surface area contributed by atoms with E-state index in [1.165, 1.54) is 0 Å². The van der Waals surface area contributed by atoms with Gasteiger partial charge in [-0.3, -0.25) is 4.90 Å². The van der Waals surface area contributed by atoms with Crippen LogP contribution in [0.4, 0.5) is 4.39 Å². The number of halogens is 1. The van der Waals surface area contributed by atoms with E-state index >= 15 is 0 Å². The molecule has 1 aliphatic heterocycles. The number of aromatic hydroxyl groups is 1. The average molecular weight is 274 g/mol. The summed E-state index contributed by atoms with van der Waals surface area (Å²) in [5.74, 6) is 0.259. The summed E-state index contributed by atoms with van der Waals surface area (Å²) >= 11 is 0. The Morgan fingerprint density at radius 3 is 2.55 bits per heavy atom. The summed E-state index contributed by atoms with van der Waals surface area (Å²) in [5.41, 5.74) is 1.01. The summed E-state index contributed by atoms with van der Waals surface area (Å²) in [6.07, 6.45) is 0. The lowest BCUT2D eigenvalue weighted by atomic mass is 10.0. The highest BCUT2D eigenvalue weighted by Crippen LogP contribution is 2.27. The minimum Gasteiger partial charge on any atom is -0.508 e. The Bertz CT molecular complexity index is 596. The maximum Gasteiger partial charge on any atom is 0.116 e. The number of phenols is 1. The van der Waals surface area contributed by atoms with Crippen LogP contribution < -0.4 is 5.32 Å². The van der Waals surface area contributed by atoms with Crippen molar-refractivity contribution in [2.45, 2.75) is 6.04 Å². The minimum absolute atomic E-state index is 0.171. The van der Waals surface area contributed by atoms with Crippen LogP contribution in [0, 0.1) is 0 Å². The number of phenolic OH excluding ortho intramolecular Hbond substituents is 1. The van der Waals surface area contributed by atoms with Crippen molar-refractivity contribution in [2.75, 3.05) is 32.9 Å². The van der Waals surface area contributed by atoms with Crippen LogP contribution in [0.5, 0.6) is 5.75 Å². The second-order valence-corrected chi connectivity index (χ2v) is 5.25. The van der Waals surface area contributed by atoms with Crippen LogP contribution in [0.3, 0.4) is 0 Å². The Labute approximate surface area is 118 Å². The number of benzene rings is 2. The lowest BCUT2D eigenvalue weighted by molar-refractivity contribution is 0.147. The lowest BCUT2D eigenvalue weighted by Gasteiger charge is -2.33. The predicted molar refractivity (Wildman–Crippen MR) is 78.8 cm³/mol. The van der Waals surface area contributed by atoms with E-state index in [-0.39, 0.29) is 18.5 Å². The number of nitrogens with one attached hydrogen (secondary N) is 1. The molecule has 2 aromatic carbocycles. The molecule has 0 bridgehead atoms. The number of hydrogen-bond donors (Lipinski definition) is 2. The predicted octanol–water partition coefficient (Wildman–Crippen LogP) is 2.46. The highest BCUT2D eigenvalue weighted by molar-refractivity contribution is 5.84. The monoisotopic (exact) mass is 274 g/mol. The summed E-state index contributed by atoms with van der Waals surface area (Å²) < 4.78 is 13.5. The van der Waals surface area contributed by atoms with Gasteiger partial charge in [0.25, 0.3) is 0 Å². The molecule has 0 aromatic heterocycles. The van der Waals surface area contributed by atoms with Gasteiger partial charge in [-0.15, -0.1) is 0 Å². The molecular formula is C16H19FN2O. The maximum atomic E-state index is 13.5. The number of hydrogen-bond acceptors (Lipinski definition) is 3. The Hall–Kier alpha value is -1.65. The molecule has 106 valence electrons. The molecule has 0 radical (unpaired) electrons. The molecule has 4 heteroatoms. The summed E-state index contributed by atoms with van der Waals surface area (Å²) in [4.78, 5) is 2.19. The number of rotatable bonds is 3. The quantitative estimate of drug-likeness (QED) is 0.902. The van der Waals surface area contributed by atoms with Crippen LogP contribution in [0.2, 0.25) is 0 Å². The van der Waals surface area contributed by atoms with E-state index in [0.717, 1.165) is 42.5 Å². The fourth-order valence-electron chi connectivity index (χ4n) is 2.85. The SMILES string of the molecule is Oc1ccc2cc([C@H](CF)N3CCNCC3)ccc2c1. The van der Waals surface area contributed by atoms with Crippen LogP contribution >= 0.6 is 0 Å². The highest BCUT2D eigenvalue weighted by atomic mass is 19.1. The largest absolute Gasteiger partial charge is 0.508 e. The molecule has 1 aliphatic rings. The van der Waals surface area contributed by atoms with Crippen molar-refractivity contribution in [3.05, 3.63) is 42.0 Å². The van der Waals surface area contributed by atoms with Gasteiger partial charge in [-0.1, -0.05) is 18.2 Å². The van der Waals surface area contributed by atoms with E-state index in [4.69, 9.17) is 0 Å². The fourth-order valence-corrected chi connectivity index (χ4v) is 2.85. The zero-order chi connectivity index (χ0) is 13.9. The number of alkyl halides is 1. The van der Waals surface area contributed by atoms with Gasteiger partial charge in [-0.2, -0.15) is 0 Å². The van der Waals surface area contributed by atoms with Crippen molar-refractivity contribution in [1.82, 2.24) is 10.2 Å². The molecular weight excluding hydrogens is 255 g/mol. The van der Waals surface area contributed by atoms with Gasteiger partial charge in [-0.25, -0.2) is 4.39 Å². The summed E-state index contributed by atoms with van der Waals surface area (Å²) in [7, 11) is 0. The molecule has 0 aliphatic carbocycles. The van der Waals surface area contributed by atoms with Crippen LogP contribution in [-0.4, -0.2) is 42.9 Å². The van der Waals surface area contributed by atoms with Crippen molar-refractivity contribution in [2.24, 2.45) is 0 Å². The Balaban J connectivity index is 1.92. The first-order chi connectivity index (χ1) is 9.78. The number of fused-ring (bicyclic) bond motifs is 1. The van der Waals surface area contributed by atoms with E-state index in [9.17, 15) is 9.50 Å². The van der Waals surface area contributed by atoms with E-state index in [2.05, 4.69) is 10.2 Å². The molecule has 1 heterocycles. The minimum atomic E-state index is -0.371. The van der Waals surface area contributed by atoms with E-state index in [1.54, 1.807) is 12.1 Å². The lowest BCUT2D eigenvalue weighted by Crippen LogP contribution is -2.45. The first kappa shape index (κ1) is 13.3. The molecule has 0 saturated carbocycles. The van der Waals surface area contributed by atoms with Gasteiger partial charge in [-0.05, 0) is 34.5 Å². The number of nitrogens with zero attached hydrogens (tertiary/aromatic N) is 1. The Morgan fingerprint density at radius 2 is 1.80 bits per heavy atom. The van der Waals surface area contributed by atoms with Gasteiger partial charge >= 0.3 is 0 Å². The third-order valence-corrected chi connectivity index (χ3v) is 3.97. The average Bonchev–Trinajstić information content (AvgIpc) is 2.49. The van der Waals surface area contributed by atoms with E-state index in [1.807, 2.05) is 24.3 Å². The van der Waals surface area contributed by atoms with E-state index in [0.29, 0.717) is 0 Å². The molecule has 3 rings (SSSR count). The molecule has 0 spiro atoms. The Morgan fingerprint density at radius 1 is 1.10 bits per heavy atom. The molecule has 3 nitrogen and oxygen atoms in total. The summed E-state index contributed by atoms with van der Waals surface area (Å²) in [6.45, 7) is 3.21. The molecule has 2 N–H and O–H groups in total. The molecule has 0 unspecified atom stereocenters. The Kier molecular flexibility index (Phi) is 3.85. The normalized spacial score (nSPS) is 18.2. The fraction of sp³-hybridized carbons (Fsp3) is 0.375. The zero-order valence-corrected chi connectivity index (χ0v) is 11.3. The second-order valence-electron chi connectivity index (χ2n) is 5.25. The zero-order valence-electron chi connectivity index (χ0n) is 11.3.